The fourth-order valence-corrected chi connectivity index (χ4v) is 3.33. The van der Waals surface area contributed by atoms with Crippen LogP contribution in [0.15, 0.2) is 36.4 Å². The Bertz CT molecular complexity index is 755. The van der Waals surface area contributed by atoms with Crippen molar-refractivity contribution in [3.63, 3.8) is 0 Å². The number of rotatable bonds is 2. The lowest BCUT2D eigenvalue weighted by molar-refractivity contribution is -0.307. The lowest BCUT2D eigenvalue weighted by Crippen LogP contribution is -2.49. The van der Waals surface area contributed by atoms with Crippen LogP contribution in [0.2, 0.25) is 0 Å². The lowest BCUT2D eigenvalue weighted by atomic mass is 9.90. The third-order valence-corrected chi connectivity index (χ3v) is 4.89. The third-order valence-electron chi connectivity index (χ3n) is 4.89. The molecule has 1 spiro atoms. The summed E-state index contributed by atoms with van der Waals surface area (Å²) in [6.45, 7) is 1.74. The summed E-state index contributed by atoms with van der Waals surface area (Å²) in [4.78, 5) is 0. The summed E-state index contributed by atoms with van der Waals surface area (Å²) in [5, 5.41) is 0. The number of hydrogen-bond acceptors (Lipinski definition) is 8. The maximum Gasteiger partial charge on any atom is 0.185 e. The van der Waals surface area contributed by atoms with Crippen LogP contribution in [0.3, 0.4) is 0 Å². The molecule has 0 saturated carbocycles. The molecule has 8 heteroatoms. The Morgan fingerprint density at radius 2 is 1.00 bits per heavy atom. The fraction of sp³-hybridized carbons (Fsp3) is 0.368. The summed E-state index contributed by atoms with van der Waals surface area (Å²) in [5.41, 5.74) is 27.0. The fourth-order valence-electron chi connectivity index (χ4n) is 3.33. The van der Waals surface area contributed by atoms with Gasteiger partial charge in [0, 0.05) is 33.9 Å². The van der Waals surface area contributed by atoms with Crippen molar-refractivity contribution in [2.24, 2.45) is 5.41 Å². The van der Waals surface area contributed by atoms with E-state index in [1.807, 2.05) is 12.1 Å². The van der Waals surface area contributed by atoms with Gasteiger partial charge in [-0.2, -0.15) is 0 Å². The maximum atomic E-state index is 6.02. The third kappa shape index (κ3) is 3.52. The Morgan fingerprint density at radius 1 is 0.630 bits per heavy atom. The SMILES string of the molecule is Nc1ccc(C2OCC3(CO2)COC(c2ccc(N)cc2N)OC3)c(N)c1. The molecule has 2 aromatic carbocycles. The molecule has 8 N–H and O–H groups in total. The zero-order valence-corrected chi connectivity index (χ0v) is 14.9. The van der Waals surface area contributed by atoms with Crippen molar-refractivity contribution in [1.29, 1.82) is 0 Å². The first-order valence-electron chi connectivity index (χ1n) is 8.72. The molecule has 0 aliphatic carbocycles. The van der Waals surface area contributed by atoms with E-state index >= 15 is 0 Å². The smallest absolute Gasteiger partial charge is 0.185 e. The van der Waals surface area contributed by atoms with Gasteiger partial charge in [-0.3, -0.25) is 0 Å². The molecular formula is C19H24N4O4. The van der Waals surface area contributed by atoms with Gasteiger partial charge in [-0.1, -0.05) is 0 Å². The summed E-state index contributed by atoms with van der Waals surface area (Å²) in [6.07, 6.45) is -1.05. The van der Waals surface area contributed by atoms with Crippen molar-refractivity contribution >= 4 is 22.7 Å². The molecule has 2 heterocycles. The number of benzene rings is 2. The zero-order chi connectivity index (χ0) is 19.0. The minimum Gasteiger partial charge on any atom is -0.399 e. The van der Waals surface area contributed by atoms with Crippen molar-refractivity contribution in [2.45, 2.75) is 12.6 Å². The summed E-state index contributed by atoms with van der Waals surface area (Å²) >= 11 is 0. The highest BCUT2D eigenvalue weighted by molar-refractivity contribution is 5.58. The molecule has 2 fully saturated rings. The molecule has 0 aromatic heterocycles. The van der Waals surface area contributed by atoms with Crippen LogP contribution < -0.4 is 22.9 Å². The first-order valence-corrected chi connectivity index (χ1v) is 8.72. The van der Waals surface area contributed by atoms with Gasteiger partial charge in [0.15, 0.2) is 12.6 Å². The van der Waals surface area contributed by atoms with Gasteiger partial charge in [-0.25, -0.2) is 0 Å². The van der Waals surface area contributed by atoms with Gasteiger partial charge in [0.1, 0.15) is 0 Å². The molecule has 8 nitrogen and oxygen atoms in total. The molecule has 2 aliphatic heterocycles. The minimum absolute atomic E-state index is 0.363. The largest absolute Gasteiger partial charge is 0.399 e. The molecule has 144 valence electrons. The molecule has 2 aliphatic rings. The highest BCUT2D eigenvalue weighted by Gasteiger charge is 2.43. The number of nitrogen functional groups attached to an aromatic ring is 4. The zero-order valence-electron chi connectivity index (χ0n) is 14.9. The number of ether oxygens (including phenoxy) is 4. The molecule has 0 bridgehead atoms. The summed E-state index contributed by atoms with van der Waals surface area (Å²) in [5.74, 6) is 0. The van der Waals surface area contributed by atoms with Gasteiger partial charge in [0.2, 0.25) is 0 Å². The van der Waals surface area contributed by atoms with E-state index in [1.54, 1.807) is 24.3 Å². The van der Waals surface area contributed by atoms with E-state index in [9.17, 15) is 0 Å². The molecule has 0 amide bonds. The van der Waals surface area contributed by atoms with Crippen molar-refractivity contribution in [3.05, 3.63) is 47.5 Å². The average Bonchev–Trinajstić information content (AvgIpc) is 2.64. The van der Waals surface area contributed by atoms with E-state index in [2.05, 4.69) is 0 Å². The summed E-state index contributed by atoms with van der Waals surface area (Å²) in [6, 6.07) is 10.6. The van der Waals surface area contributed by atoms with Crippen LogP contribution in [0.1, 0.15) is 23.7 Å². The lowest BCUT2D eigenvalue weighted by Gasteiger charge is -2.44. The van der Waals surface area contributed by atoms with Gasteiger partial charge in [0.05, 0.1) is 31.8 Å². The Hall–Kier alpha value is -2.52. The molecule has 2 aromatic rings. The standard InChI is InChI=1S/C19H24N4O4/c20-11-1-3-13(15(22)5-11)17-24-7-19(8-25-17)9-26-18(27-10-19)14-4-2-12(21)6-16(14)23/h1-6,17-18H,7-10,20-23H2. The predicted molar refractivity (Wildman–Crippen MR) is 102 cm³/mol. The molecule has 27 heavy (non-hydrogen) atoms. The summed E-state index contributed by atoms with van der Waals surface area (Å²) in [7, 11) is 0. The van der Waals surface area contributed by atoms with Crippen molar-refractivity contribution < 1.29 is 18.9 Å². The van der Waals surface area contributed by atoms with Crippen molar-refractivity contribution in [3.8, 4) is 0 Å². The van der Waals surface area contributed by atoms with Gasteiger partial charge in [0.25, 0.3) is 0 Å². The van der Waals surface area contributed by atoms with Crippen LogP contribution in [0, 0.1) is 5.41 Å². The number of anilines is 4. The van der Waals surface area contributed by atoms with Gasteiger partial charge in [-0.15, -0.1) is 0 Å². The quantitative estimate of drug-likeness (QED) is 0.585. The Morgan fingerprint density at radius 3 is 1.33 bits per heavy atom. The Kier molecular flexibility index (Phi) is 4.56. The topological polar surface area (TPSA) is 141 Å². The van der Waals surface area contributed by atoms with Crippen LogP contribution in [0.4, 0.5) is 22.7 Å². The minimum atomic E-state index is -0.526. The average molecular weight is 372 g/mol. The van der Waals surface area contributed by atoms with Crippen LogP contribution in [-0.4, -0.2) is 26.4 Å². The van der Waals surface area contributed by atoms with Crippen molar-refractivity contribution in [1.82, 2.24) is 0 Å². The maximum absolute atomic E-state index is 6.02. The van der Waals surface area contributed by atoms with Crippen LogP contribution in [-0.2, 0) is 18.9 Å². The van der Waals surface area contributed by atoms with Gasteiger partial charge >= 0.3 is 0 Å². The van der Waals surface area contributed by atoms with E-state index in [1.165, 1.54) is 0 Å². The van der Waals surface area contributed by atoms with Gasteiger partial charge in [-0.05, 0) is 36.4 Å². The van der Waals surface area contributed by atoms with Crippen LogP contribution in [0.25, 0.3) is 0 Å². The molecule has 0 unspecified atom stereocenters. The normalized spacial score (nSPS) is 28.3. The van der Waals surface area contributed by atoms with Crippen LogP contribution in [0.5, 0.6) is 0 Å². The molecular weight excluding hydrogens is 348 g/mol. The molecule has 4 rings (SSSR count). The monoisotopic (exact) mass is 372 g/mol. The predicted octanol–water partition coefficient (Wildman–Crippen LogP) is 1.79. The number of nitrogens with two attached hydrogens (primary N) is 4. The van der Waals surface area contributed by atoms with Crippen LogP contribution >= 0.6 is 0 Å². The highest BCUT2D eigenvalue weighted by atomic mass is 16.7. The number of hydrogen-bond donors (Lipinski definition) is 4. The molecule has 0 atom stereocenters. The van der Waals surface area contributed by atoms with E-state index < -0.39 is 12.6 Å². The second-order valence-corrected chi connectivity index (χ2v) is 7.18. The van der Waals surface area contributed by atoms with E-state index in [0.29, 0.717) is 49.2 Å². The Labute approximate surface area is 157 Å². The first kappa shape index (κ1) is 17.9. The van der Waals surface area contributed by atoms with E-state index in [4.69, 9.17) is 41.9 Å². The van der Waals surface area contributed by atoms with Crippen molar-refractivity contribution in [2.75, 3.05) is 49.4 Å². The highest BCUT2D eigenvalue weighted by Crippen LogP contribution is 2.40. The summed E-state index contributed by atoms with van der Waals surface area (Å²) < 4.78 is 23.7. The second kappa shape index (κ2) is 6.90. The second-order valence-electron chi connectivity index (χ2n) is 7.18. The first-order chi connectivity index (χ1) is 13.0. The van der Waals surface area contributed by atoms with E-state index in [-0.39, 0.29) is 5.41 Å². The van der Waals surface area contributed by atoms with Gasteiger partial charge < -0.3 is 41.9 Å². The molecule has 2 saturated heterocycles. The van der Waals surface area contributed by atoms with E-state index in [0.717, 1.165) is 11.1 Å². The molecule has 0 radical (unpaired) electrons. The Balaban J connectivity index is 1.38.